The number of H-pyrrole nitrogens is 1. The van der Waals surface area contributed by atoms with Crippen molar-refractivity contribution in [3.8, 4) is 0 Å². The summed E-state index contributed by atoms with van der Waals surface area (Å²) in [5.74, 6) is 0. The van der Waals surface area contributed by atoms with Crippen LogP contribution in [-0.4, -0.2) is 61.0 Å². The highest BCUT2D eigenvalue weighted by Gasteiger charge is 2.27. The fourth-order valence-corrected chi connectivity index (χ4v) is 4.29. The first kappa shape index (κ1) is 17.8. The van der Waals surface area contributed by atoms with Gasteiger partial charge in [0.2, 0.25) is 10.0 Å². The summed E-state index contributed by atoms with van der Waals surface area (Å²) in [5, 5.41) is 6.32. The first-order valence-corrected chi connectivity index (χ1v) is 9.63. The number of benzene rings is 1. The van der Waals surface area contributed by atoms with E-state index in [0.717, 1.165) is 24.3 Å². The summed E-state index contributed by atoms with van der Waals surface area (Å²) in [6.07, 6.45) is 0.438. The Morgan fingerprint density at radius 1 is 1.12 bits per heavy atom. The molecule has 3 rings (SSSR count). The van der Waals surface area contributed by atoms with Gasteiger partial charge in [-0.3, -0.25) is 4.79 Å². The number of aromatic amines is 1. The van der Waals surface area contributed by atoms with Crippen molar-refractivity contribution in [3.05, 3.63) is 57.5 Å². The maximum absolute atomic E-state index is 12.7. The number of aromatic nitrogens is 2. The molecule has 0 radical (unpaired) electrons. The van der Waals surface area contributed by atoms with E-state index in [1.54, 1.807) is 30.3 Å². The maximum Gasteiger partial charge on any atom is 0.267 e. The van der Waals surface area contributed by atoms with Gasteiger partial charge in [-0.05, 0) is 37.7 Å². The summed E-state index contributed by atoms with van der Waals surface area (Å²) in [7, 11) is -1.47. The summed E-state index contributed by atoms with van der Waals surface area (Å²) in [6, 6.07) is 8.50. The minimum atomic E-state index is -3.46. The van der Waals surface area contributed by atoms with Crippen LogP contribution in [0.2, 0.25) is 0 Å². The van der Waals surface area contributed by atoms with E-state index in [-0.39, 0.29) is 5.56 Å². The van der Waals surface area contributed by atoms with E-state index in [2.05, 4.69) is 15.1 Å². The SMILES string of the molecule is Cc1cc(Cc2ccc(S(=O)(=O)N3CCN(C)CC3)cc2)c(=O)[nH]n1. The molecule has 134 valence electrons. The lowest BCUT2D eigenvalue weighted by molar-refractivity contribution is 0.222. The number of rotatable bonds is 4. The molecule has 8 heteroatoms. The molecular weight excluding hydrogens is 340 g/mol. The molecule has 7 nitrogen and oxygen atoms in total. The molecule has 1 aliphatic heterocycles. The summed E-state index contributed by atoms with van der Waals surface area (Å²) < 4.78 is 26.9. The first-order valence-electron chi connectivity index (χ1n) is 8.19. The predicted molar refractivity (Wildman–Crippen MR) is 95.1 cm³/mol. The number of sulfonamides is 1. The average molecular weight is 362 g/mol. The van der Waals surface area contributed by atoms with Crippen molar-refractivity contribution >= 4 is 10.0 Å². The van der Waals surface area contributed by atoms with Gasteiger partial charge in [0.05, 0.1) is 10.6 Å². The normalized spacial score (nSPS) is 16.9. The molecule has 0 amide bonds. The number of hydrogen-bond acceptors (Lipinski definition) is 5. The second-order valence-corrected chi connectivity index (χ2v) is 8.33. The van der Waals surface area contributed by atoms with Gasteiger partial charge >= 0.3 is 0 Å². The molecule has 0 unspecified atom stereocenters. The van der Waals surface area contributed by atoms with Crippen LogP contribution in [0.15, 0.2) is 40.0 Å². The Morgan fingerprint density at radius 2 is 1.76 bits per heavy atom. The molecule has 25 heavy (non-hydrogen) atoms. The van der Waals surface area contributed by atoms with Gasteiger partial charge in [0.25, 0.3) is 5.56 Å². The highest BCUT2D eigenvalue weighted by molar-refractivity contribution is 7.89. The minimum Gasteiger partial charge on any atom is -0.304 e. The second kappa shape index (κ2) is 7.07. The van der Waals surface area contributed by atoms with Gasteiger partial charge in [-0.15, -0.1) is 0 Å². The fourth-order valence-electron chi connectivity index (χ4n) is 2.87. The molecule has 2 aromatic rings. The zero-order valence-corrected chi connectivity index (χ0v) is 15.2. The van der Waals surface area contributed by atoms with Crippen LogP contribution in [0.25, 0.3) is 0 Å². The topological polar surface area (TPSA) is 86.4 Å². The minimum absolute atomic E-state index is 0.222. The highest BCUT2D eigenvalue weighted by Crippen LogP contribution is 2.18. The van der Waals surface area contributed by atoms with E-state index in [1.807, 2.05) is 14.0 Å². The van der Waals surface area contributed by atoms with Crippen molar-refractivity contribution in [1.29, 1.82) is 0 Å². The first-order chi connectivity index (χ1) is 11.9. The van der Waals surface area contributed by atoms with Crippen LogP contribution >= 0.6 is 0 Å². The van der Waals surface area contributed by atoms with Crippen LogP contribution in [0.5, 0.6) is 0 Å². The molecule has 0 spiro atoms. The van der Waals surface area contributed by atoms with Crippen molar-refractivity contribution in [2.45, 2.75) is 18.2 Å². The van der Waals surface area contributed by atoms with Crippen molar-refractivity contribution < 1.29 is 8.42 Å². The number of piperazine rings is 1. The van der Waals surface area contributed by atoms with Gasteiger partial charge in [0, 0.05) is 38.2 Å². The molecule has 0 saturated carbocycles. The van der Waals surface area contributed by atoms with Crippen molar-refractivity contribution in [1.82, 2.24) is 19.4 Å². The number of nitrogens with zero attached hydrogens (tertiary/aromatic N) is 3. The predicted octanol–water partition coefficient (Wildman–Crippen LogP) is 0.605. The third-order valence-electron chi connectivity index (χ3n) is 4.43. The summed E-state index contributed by atoms with van der Waals surface area (Å²) in [5.41, 5.74) is 2.01. The number of likely N-dealkylation sites (N-methyl/N-ethyl adjacent to an activating group) is 1. The molecule has 1 aromatic carbocycles. The Kier molecular flexibility index (Phi) is 5.03. The van der Waals surface area contributed by atoms with E-state index in [4.69, 9.17) is 0 Å². The number of nitrogens with one attached hydrogen (secondary N) is 1. The van der Waals surface area contributed by atoms with E-state index in [1.165, 1.54) is 4.31 Å². The molecular formula is C17H22N4O3S. The third-order valence-corrected chi connectivity index (χ3v) is 6.34. The van der Waals surface area contributed by atoms with E-state index in [9.17, 15) is 13.2 Å². The largest absolute Gasteiger partial charge is 0.304 e. The maximum atomic E-state index is 12.7. The van der Waals surface area contributed by atoms with Gasteiger partial charge in [-0.2, -0.15) is 9.40 Å². The van der Waals surface area contributed by atoms with Crippen LogP contribution in [-0.2, 0) is 16.4 Å². The summed E-state index contributed by atoms with van der Waals surface area (Å²) in [4.78, 5) is 14.2. The lowest BCUT2D eigenvalue weighted by atomic mass is 10.1. The van der Waals surface area contributed by atoms with Crippen LogP contribution in [0, 0.1) is 6.92 Å². The molecule has 1 N–H and O–H groups in total. The Labute approximate surface area is 147 Å². The molecule has 1 fully saturated rings. The molecule has 1 saturated heterocycles. The van der Waals surface area contributed by atoms with Gasteiger partial charge < -0.3 is 4.90 Å². The second-order valence-electron chi connectivity index (χ2n) is 6.39. The third kappa shape index (κ3) is 3.97. The Bertz CT molecular complexity index is 898. The molecule has 0 aliphatic carbocycles. The van der Waals surface area contributed by atoms with E-state index >= 15 is 0 Å². The lowest BCUT2D eigenvalue weighted by Gasteiger charge is -2.31. The Balaban J connectivity index is 1.78. The number of hydrogen-bond donors (Lipinski definition) is 1. The highest BCUT2D eigenvalue weighted by atomic mass is 32.2. The van der Waals surface area contributed by atoms with Gasteiger partial charge in [-0.1, -0.05) is 12.1 Å². The monoisotopic (exact) mass is 362 g/mol. The summed E-state index contributed by atoms with van der Waals surface area (Å²) >= 11 is 0. The zero-order valence-electron chi connectivity index (χ0n) is 14.4. The molecule has 0 bridgehead atoms. The average Bonchev–Trinajstić information content (AvgIpc) is 2.59. The summed E-state index contributed by atoms with van der Waals surface area (Å²) in [6.45, 7) is 4.30. The van der Waals surface area contributed by atoms with E-state index in [0.29, 0.717) is 30.0 Å². The van der Waals surface area contributed by atoms with Crippen molar-refractivity contribution in [2.24, 2.45) is 0 Å². The molecule has 2 heterocycles. The van der Waals surface area contributed by atoms with Gasteiger partial charge in [0.15, 0.2) is 0 Å². The molecule has 1 aromatic heterocycles. The van der Waals surface area contributed by atoms with E-state index < -0.39 is 10.0 Å². The van der Waals surface area contributed by atoms with Crippen molar-refractivity contribution in [2.75, 3.05) is 33.2 Å². The zero-order chi connectivity index (χ0) is 18.0. The smallest absolute Gasteiger partial charge is 0.267 e. The van der Waals surface area contributed by atoms with Gasteiger partial charge in [-0.25, -0.2) is 13.5 Å². The Hall–Kier alpha value is -2.03. The Morgan fingerprint density at radius 3 is 2.40 bits per heavy atom. The van der Waals surface area contributed by atoms with Crippen LogP contribution < -0.4 is 5.56 Å². The standard InChI is InChI=1S/C17H22N4O3S/c1-13-11-15(17(22)19-18-13)12-14-3-5-16(6-4-14)25(23,24)21-9-7-20(2)8-10-21/h3-6,11H,7-10,12H2,1-2H3,(H,19,22). The number of aryl methyl sites for hydroxylation is 1. The van der Waals surface area contributed by atoms with Crippen LogP contribution in [0.3, 0.4) is 0 Å². The quantitative estimate of drug-likeness (QED) is 0.861. The fraction of sp³-hybridized carbons (Fsp3) is 0.412. The molecule has 1 aliphatic rings. The lowest BCUT2D eigenvalue weighted by Crippen LogP contribution is -2.46. The van der Waals surface area contributed by atoms with Crippen molar-refractivity contribution in [3.63, 3.8) is 0 Å². The molecule has 0 atom stereocenters. The van der Waals surface area contributed by atoms with Gasteiger partial charge in [0.1, 0.15) is 0 Å². The van der Waals surface area contributed by atoms with Crippen LogP contribution in [0.1, 0.15) is 16.8 Å². The van der Waals surface area contributed by atoms with Crippen LogP contribution in [0.4, 0.5) is 0 Å².